The van der Waals surface area contributed by atoms with Gasteiger partial charge in [-0.2, -0.15) is 28.1 Å². The molecule has 9 N–H and O–H groups in total. The number of hydrogen-bond acceptors (Lipinski definition) is 6. The molecule has 19 heavy (non-hydrogen) atoms. The van der Waals surface area contributed by atoms with E-state index in [1.54, 1.807) is 6.92 Å². The Kier molecular flexibility index (Phi) is 5.44. The number of alkyl halides is 3. The fourth-order valence-electron chi connectivity index (χ4n) is 0.726. The molecule has 0 bridgehead atoms. The van der Waals surface area contributed by atoms with E-state index in [1.807, 2.05) is 0 Å². The first-order valence-corrected chi connectivity index (χ1v) is 4.51. The van der Waals surface area contributed by atoms with Crippen molar-refractivity contribution >= 4 is 23.7 Å². The molecule has 0 spiro atoms. The van der Waals surface area contributed by atoms with E-state index in [0.717, 1.165) is 0 Å². The van der Waals surface area contributed by atoms with Gasteiger partial charge in [0, 0.05) is 0 Å². The van der Waals surface area contributed by atoms with Gasteiger partial charge in [-0.05, 0) is 6.92 Å². The Hall–Kier alpha value is -2.66. The first-order valence-electron chi connectivity index (χ1n) is 4.51. The van der Waals surface area contributed by atoms with Crippen LogP contribution in [-0.2, 0) is 6.18 Å². The van der Waals surface area contributed by atoms with Crippen LogP contribution in [0.3, 0.4) is 0 Å². The van der Waals surface area contributed by atoms with Crippen LogP contribution in [-0.4, -0.2) is 26.7 Å². The van der Waals surface area contributed by atoms with Crippen molar-refractivity contribution < 1.29 is 13.2 Å². The largest absolute Gasteiger partial charge is 0.451 e. The molecule has 0 aliphatic rings. The van der Waals surface area contributed by atoms with Gasteiger partial charge in [0.1, 0.15) is 0 Å². The summed E-state index contributed by atoms with van der Waals surface area (Å²) in [5, 5.41) is 6.54. The minimum absolute atomic E-state index is 0.250. The van der Waals surface area contributed by atoms with Crippen LogP contribution < -0.4 is 22.9 Å². The summed E-state index contributed by atoms with van der Waals surface area (Å²) in [4.78, 5) is 12.2. The summed E-state index contributed by atoms with van der Waals surface area (Å²) >= 11 is 0. The Morgan fingerprint density at radius 1 is 1.11 bits per heavy atom. The van der Waals surface area contributed by atoms with Crippen LogP contribution in [0.4, 0.5) is 25.1 Å². The van der Waals surface area contributed by atoms with Gasteiger partial charge in [-0.15, -0.1) is 0 Å². The third-order valence-corrected chi connectivity index (χ3v) is 1.22. The molecule has 9 nitrogen and oxygen atoms in total. The molecule has 12 heteroatoms. The van der Waals surface area contributed by atoms with Crippen molar-refractivity contribution in [1.29, 1.82) is 5.41 Å². The molecular weight excluding hydrogens is 267 g/mol. The lowest BCUT2D eigenvalue weighted by Crippen LogP contribution is -2.15. The molecule has 1 rings (SSSR count). The van der Waals surface area contributed by atoms with Gasteiger partial charge in [0.2, 0.25) is 23.7 Å². The number of nitrogen functional groups attached to an aromatic ring is 2. The molecule has 0 radical (unpaired) electrons. The van der Waals surface area contributed by atoms with Crippen LogP contribution in [0.15, 0.2) is 4.99 Å². The van der Waals surface area contributed by atoms with E-state index in [1.165, 1.54) is 0 Å². The van der Waals surface area contributed by atoms with E-state index in [0.29, 0.717) is 5.84 Å². The third-order valence-electron chi connectivity index (χ3n) is 1.22. The average molecular weight is 279 g/mol. The molecule has 1 aromatic rings. The number of hydrogen-bond donors (Lipinski definition) is 5. The monoisotopic (exact) mass is 279 g/mol. The fourth-order valence-corrected chi connectivity index (χ4v) is 0.726. The lowest BCUT2D eigenvalue weighted by Gasteiger charge is -2.04. The van der Waals surface area contributed by atoms with Gasteiger partial charge in [0.15, 0.2) is 0 Å². The highest BCUT2D eigenvalue weighted by molar-refractivity contribution is 5.91. The molecule has 0 fully saturated rings. The van der Waals surface area contributed by atoms with Crippen LogP contribution >= 0.6 is 0 Å². The zero-order valence-corrected chi connectivity index (χ0v) is 9.73. The third kappa shape index (κ3) is 7.30. The Bertz CT molecular complexity index is 457. The number of aromatic nitrogens is 3. The van der Waals surface area contributed by atoms with E-state index in [-0.39, 0.29) is 5.96 Å². The minimum Gasteiger partial charge on any atom is -0.387 e. The highest BCUT2D eigenvalue weighted by Crippen LogP contribution is 2.26. The van der Waals surface area contributed by atoms with Crippen molar-refractivity contribution in [1.82, 2.24) is 15.0 Å². The smallest absolute Gasteiger partial charge is 0.387 e. The highest BCUT2D eigenvalue weighted by Gasteiger charge is 2.35. The quantitative estimate of drug-likeness (QED) is 0.308. The second-order valence-electron chi connectivity index (χ2n) is 3.01. The van der Waals surface area contributed by atoms with E-state index in [9.17, 15) is 13.2 Å². The van der Waals surface area contributed by atoms with E-state index in [4.69, 9.17) is 28.3 Å². The maximum atomic E-state index is 11.9. The standard InChI is InChI=1S/C4H4F3N5.C3H8N4/c5-4(6,7)1-10-2(8)12-3(9)11-1;1-2(4)7-3(5)6/h(H4,8,9,10,11,12);1H3,(H5,4,5,6,7). The van der Waals surface area contributed by atoms with Gasteiger partial charge in [0.25, 0.3) is 0 Å². The van der Waals surface area contributed by atoms with Gasteiger partial charge < -0.3 is 22.9 Å². The van der Waals surface area contributed by atoms with E-state index >= 15 is 0 Å². The topological polar surface area (TPSA) is 179 Å². The summed E-state index contributed by atoms with van der Waals surface area (Å²) in [5.74, 6) is -2.41. The number of nitrogens with zero attached hydrogens (tertiary/aromatic N) is 4. The first-order chi connectivity index (χ1) is 8.52. The Morgan fingerprint density at radius 2 is 1.53 bits per heavy atom. The van der Waals surface area contributed by atoms with E-state index in [2.05, 4.69) is 19.9 Å². The molecular formula is C7H12F3N9. The van der Waals surface area contributed by atoms with Crippen molar-refractivity contribution in [2.75, 3.05) is 11.5 Å². The second-order valence-corrected chi connectivity index (χ2v) is 3.01. The highest BCUT2D eigenvalue weighted by atomic mass is 19.4. The molecule has 0 saturated heterocycles. The SMILES string of the molecule is CC(N)=NC(=N)N.Nc1nc(N)nc(C(F)(F)F)n1. The minimum atomic E-state index is -4.65. The van der Waals surface area contributed by atoms with Crippen LogP contribution in [0.25, 0.3) is 0 Å². The van der Waals surface area contributed by atoms with Gasteiger partial charge in [-0.1, -0.05) is 0 Å². The zero-order chi connectivity index (χ0) is 15.2. The summed E-state index contributed by atoms with van der Waals surface area (Å²) in [6.45, 7) is 1.57. The van der Waals surface area contributed by atoms with Crippen LogP contribution in [0.2, 0.25) is 0 Å². The maximum Gasteiger partial charge on any atom is 0.451 e. The number of rotatable bonds is 0. The number of nitrogens with two attached hydrogens (primary N) is 4. The zero-order valence-electron chi connectivity index (χ0n) is 9.73. The van der Waals surface area contributed by atoms with Crippen LogP contribution in [0.1, 0.15) is 12.7 Å². The number of amidine groups is 1. The molecule has 1 heterocycles. The van der Waals surface area contributed by atoms with Crippen LogP contribution in [0, 0.1) is 5.41 Å². The first kappa shape index (κ1) is 16.3. The molecule has 0 aliphatic carbocycles. The van der Waals surface area contributed by atoms with Gasteiger partial charge >= 0.3 is 6.18 Å². The predicted octanol–water partition coefficient (Wildman–Crippen LogP) is -0.688. The van der Waals surface area contributed by atoms with E-state index < -0.39 is 23.9 Å². The summed E-state index contributed by atoms with van der Waals surface area (Å²) in [5.41, 5.74) is 19.7. The summed E-state index contributed by atoms with van der Waals surface area (Å²) in [7, 11) is 0. The number of nitrogens with one attached hydrogen (secondary N) is 1. The molecule has 0 amide bonds. The van der Waals surface area contributed by atoms with Crippen molar-refractivity contribution in [3.05, 3.63) is 5.82 Å². The molecule has 0 aromatic carbocycles. The van der Waals surface area contributed by atoms with Gasteiger partial charge in [-0.3, -0.25) is 5.41 Å². The maximum absolute atomic E-state index is 11.9. The number of anilines is 2. The Morgan fingerprint density at radius 3 is 1.74 bits per heavy atom. The van der Waals surface area contributed by atoms with Crippen molar-refractivity contribution in [2.24, 2.45) is 16.5 Å². The normalized spacial score (nSPS) is 11.5. The molecule has 0 unspecified atom stereocenters. The Labute approximate surface area is 105 Å². The number of halogens is 3. The Balaban J connectivity index is 0.000000399. The fraction of sp³-hybridized carbons (Fsp3) is 0.286. The predicted molar refractivity (Wildman–Crippen MR) is 62.9 cm³/mol. The summed E-state index contributed by atoms with van der Waals surface area (Å²) < 4.78 is 35.7. The van der Waals surface area contributed by atoms with Gasteiger partial charge in [0.05, 0.1) is 5.84 Å². The van der Waals surface area contributed by atoms with Crippen molar-refractivity contribution in [2.45, 2.75) is 13.1 Å². The molecule has 0 atom stereocenters. The van der Waals surface area contributed by atoms with Crippen molar-refractivity contribution in [3.8, 4) is 0 Å². The molecule has 0 saturated carbocycles. The van der Waals surface area contributed by atoms with Crippen LogP contribution in [0.5, 0.6) is 0 Å². The lowest BCUT2D eigenvalue weighted by molar-refractivity contribution is -0.144. The second kappa shape index (κ2) is 6.32. The molecule has 1 aromatic heterocycles. The summed E-state index contributed by atoms with van der Waals surface area (Å²) in [6, 6.07) is 0. The van der Waals surface area contributed by atoms with Crippen molar-refractivity contribution in [3.63, 3.8) is 0 Å². The number of aliphatic imine (C=N–C) groups is 1. The van der Waals surface area contributed by atoms with Gasteiger partial charge in [-0.25, -0.2) is 4.99 Å². The molecule has 0 aliphatic heterocycles. The molecule has 106 valence electrons. The lowest BCUT2D eigenvalue weighted by atomic mass is 10.6. The number of guanidine groups is 1. The summed E-state index contributed by atoms with van der Waals surface area (Å²) in [6.07, 6.45) is -4.65. The average Bonchev–Trinajstić information content (AvgIpc) is 2.12.